The quantitative estimate of drug-likeness (QED) is 0.883. The molecule has 1 aromatic carbocycles. The van der Waals surface area contributed by atoms with Gasteiger partial charge in [-0.2, -0.15) is 0 Å². The van der Waals surface area contributed by atoms with E-state index >= 15 is 0 Å². The van der Waals surface area contributed by atoms with Gasteiger partial charge in [0.2, 0.25) is 10.0 Å². The van der Waals surface area contributed by atoms with Gasteiger partial charge in [-0.3, -0.25) is 0 Å². The third-order valence-electron chi connectivity index (χ3n) is 2.59. The summed E-state index contributed by atoms with van der Waals surface area (Å²) in [6.07, 6.45) is 1.44. The maximum Gasteiger partial charge on any atom is 0.241 e. The average Bonchev–Trinajstić information content (AvgIpc) is 2.91. The van der Waals surface area contributed by atoms with Crippen molar-refractivity contribution in [1.82, 2.24) is 4.72 Å². The number of sulfonamides is 1. The van der Waals surface area contributed by atoms with Crippen molar-refractivity contribution >= 4 is 21.6 Å². The molecule has 0 aliphatic carbocycles. The van der Waals surface area contributed by atoms with Crippen LogP contribution in [0.3, 0.4) is 0 Å². The first-order valence-electron chi connectivity index (χ1n) is 6.37. The van der Waals surface area contributed by atoms with E-state index in [0.717, 1.165) is 0 Å². The molecule has 21 heavy (non-hydrogen) atoms. The molecule has 0 amide bonds. The summed E-state index contributed by atoms with van der Waals surface area (Å²) in [5.74, 6) is 0.987. The smallest absolute Gasteiger partial charge is 0.241 e. The van der Waals surface area contributed by atoms with Crippen LogP contribution in [0.4, 0.5) is 0 Å². The Kier molecular flexibility index (Phi) is 4.92. The third kappa shape index (κ3) is 4.23. The number of rotatable bonds is 6. The molecule has 1 N–H and O–H groups in total. The summed E-state index contributed by atoms with van der Waals surface area (Å²) in [6, 6.07) is 7.75. The minimum absolute atomic E-state index is 0.0398. The normalized spacial score (nSPS) is 11.8. The van der Waals surface area contributed by atoms with Crippen LogP contribution in [0.25, 0.3) is 0 Å². The summed E-state index contributed by atoms with van der Waals surface area (Å²) in [7, 11) is -3.65. The van der Waals surface area contributed by atoms with Crippen LogP contribution in [-0.2, 0) is 16.6 Å². The highest BCUT2D eigenvalue weighted by molar-refractivity contribution is 7.89. The Balaban J connectivity index is 2.14. The highest BCUT2D eigenvalue weighted by Crippen LogP contribution is 2.28. The lowest BCUT2D eigenvalue weighted by Crippen LogP contribution is -2.23. The van der Waals surface area contributed by atoms with E-state index < -0.39 is 10.0 Å². The SMILES string of the molecule is CC(C)Oc1ccc(S(=O)(=O)NCc2ccco2)cc1Cl. The first-order chi connectivity index (χ1) is 9.88. The van der Waals surface area contributed by atoms with Gasteiger partial charge in [-0.1, -0.05) is 11.6 Å². The third-order valence-corrected chi connectivity index (χ3v) is 4.29. The Morgan fingerprint density at radius 1 is 1.33 bits per heavy atom. The molecule has 7 heteroatoms. The molecule has 0 fully saturated rings. The predicted octanol–water partition coefficient (Wildman–Crippen LogP) is 3.20. The Labute approximate surface area is 128 Å². The van der Waals surface area contributed by atoms with Gasteiger partial charge in [0.1, 0.15) is 11.5 Å². The summed E-state index contributed by atoms with van der Waals surface area (Å²) >= 11 is 6.04. The molecule has 0 saturated heterocycles. The lowest BCUT2D eigenvalue weighted by atomic mass is 10.3. The molecule has 2 aromatic rings. The first-order valence-corrected chi connectivity index (χ1v) is 8.23. The Bertz CT molecular complexity index is 696. The van der Waals surface area contributed by atoms with Crippen molar-refractivity contribution in [3.63, 3.8) is 0 Å². The van der Waals surface area contributed by atoms with Crippen molar-refractivity contribution in [1.29, 1.82) is 0 Å². The number of benzene rings is 1. The summed E-state index contributed by atoms with van der Waals surface area (Å²) in [5, 5.41) is 0.254. The van der Waals surface area contributed by atoms with Gasteiger partial charge in [-0.05, 0) is 44.2 Å². The largest absolute Gasteiger partial charge is 0.489 e. The van der Waals surface area contributed by atoms with Crippen molar-refractivity contribution in [3.05, 3.63) is 47.4 Å². The molecule has 0 spiro atoms. The monoisotopic (exact) mass is 329 g/mol. The molecule has 0 bridgehead atoms. The highest BCUT2D eigenvalue weighted by Gasteiger charge is 2.16. The number of furan rings is 1. The van der Waals surface area contributed by atoms with Crippen LogP contribution in [-0.4, -0.2) is 14.5 Å². The minimum Gasteiger partial charge on any atom is -0.489 e. The number of ether oxygens (including phenoxy) is 1. The van der Waals surface area contributed by atoms with E-state index in [2.05, 4.69) is 4.72 Å². The molecule has 5 nitrogen and oxygen atoms in total. The van der Waals surface area contributed by atoms with Gasteiger partial charge in [0.05, 0.1) is 28.8 Å². The fourth-order valence-corrected chi connectivity index (χ4v) is 2.97. The van der Waals surface area contributed by atoms with Gasteiger partial charge >= 0.3 is 0 Å². The van der Waals surface area contributed by atoms with E-state index in [-0.39, 0.29) is 22.6 Å². The van der Waals surface area contributed by atoms with Gasteiger partial charge < -0.3 is 9.15 Å². The van der Waals surface area contributed by atoms with Gasteiger partial charge in [0.25, 0.3) is 0 Å². The fourth-order valence-electron chi connectivity index (χ4n) is 1.66. The zero-order valence-electron chi connectivity index (χ0n) is 11.7. The zero-order valence-corrected chi connectivity index (χ0v) is 13.2. The maximum atomic E-state index is 12.2. The van der Waals surface area contributed by atoms with Crippen molar-refractivity contribution in [3.8, 4) is 5.75 Å². The van der Waals surface area contributed by atoms with Crippen molar-refractivity contribution < 1.29 is 17.6 Å². The molecule has 0 aliphatic heterocycles. The van der Waals surface area contributed by atoms with E-state index in [9.17, 15) is 8.42 Å². The van der Waals surface area contributed by atoms with Crippen molar-refractivity contribution in [2.45, 2.75) is 31.4 Å². The molecule has 0 radical (unpaired) electrons. The molecule has 0 unspecified atom stereocenters. The Hall–Kier alpha value is -1.50. The highest BCUT2D eigenvalue weighted by atomic mass is 35.5. The lowest BCUT2D eigenvalue weighted by Gasteiger charge is -2.12. The van der Waals surface area contributed by atoms with E-state index in [1.807, 2.05) is 13.8 Å². The molecule has 114 valence electrons. The fraction of sp³-hybridized carbons (Fsp3) is 0.286. The second-order valence-electron chi connectivity index (χ2n) is 4.66. The van der Waals surface area contributed by atoms with Gasteiger partial charge in [0, 0.05) is 0 Å². The van der Waals surface area contributed by atoms with Crippen LogP contribution >= 0.6 is 11.6 Å². The standard InChI is InChI=1S/C14H16ClNO4S/c1-10(2)20-14-6-5-12(8-13(14)15)21(17,18)16-9-11-4-3-7-19-11/h3-8,10,16H,9H2,1-2H3. The molecule has 0 saturated carbocycles. The van der Waals surface area contributed by atoms with E-state index in [0.29, 0.717) is 11.5 Å². The minimum atomic E-state index is -3.65. The van der Waals surface area contributed by atoms with E-state index in [4.69, 9.17) is 20.8 Å². The van der Waals surface area contributed by atoms with Crippen molar-refractivity contribution in [2.75, 3.05) is 0 Å². The molecular weight excluding hydrogens is 314 g/mol. The molecular formula is C14H16ClNO4S. The maximum absolute atomic E-state index is 12.2. The molecule has 0 aliphatic rings. The molecule has 2 rings (SSSR count). The summed E-state index contributed by atoms with van der Waals surface area (Å²) in [5.41, 5.74) is 0. The first kappa shape index (κ1) is 15.9. The molecule has 1 aromatic heterocycles. The van der Waals surface area contributed by atoms with E-state index in [1.54, 1.807) is 18.2 Å². The number of hydrogen-bond donors (Lipinski definition) is 1. The number of nitrogens with one attached hydrogen (secondary N) is 1. The Morgan fingerprint density at radius 3 is 2.67 bits per heavy atom. The van der Waals surface area contributed by atoms with Crippen LogP contribution in [0.1, 0.15) is 19.6 Å². The number of halogens is 1. The second-order valence-corrected chi connectivity index (χ2v) is 6.84. The summed E-state index contributed by atoms with van der Waals surface area (Å²) < 4.78 is 37.3. The summed E-state index contributed by atoms with van der Waals surface area (Å²) in [6.45, 7) is 3.81. The van der Waals surface area contributed by atoms with Crippen molar-refractivity contribution in [2.24, 2.45) is 0 Å². The van der Waals surface area contributed by atoms with Gasteiger partial charge in [-0.15, -0.1) is 0 Å². The summed E-state index contributed by atoms with van der Waals surface area (Å²) in [4.78, 5) is 0.0789. The topological polar surface area (TPSA) is 68.5 Å². The van der Waals surface area contributed by atoms with Crippen LogP contribution in [0.15, 0.2) is 45.9 Å². The van der Waals surface area contributed by atoms with Gasteiger partial charge in [0.15, 0.2) is 0 Å². The predicted molar refractivity (Wildman–Crippen MR) is 79.9 cm³/mol. The lowest BCUT2D eigenvalue weighted by molar-refractivity contribution is 0.242. The Morgan fingerprint density at radius 2 is 2.10 bits per heavy atom. The average molecular weight is 330 g/mol. The molecule has 1 heterocycles. The van der Waals surface area contributed by atoms with Crippen LogP contribution in [0.2, 0.25) is 5.02 Å². The van der Waals surface area contributed by atoms with Crippen LogP contribution in [0.5, 0.6) is 5.75 Å². The van der Waals surface area contributed by atoms with Crippen LogP contribution in [0, 0.1) is 0 Å². The number of hydrogen-bond acceptors (Lipinski definition) is 4. The molecule has 0 atom stereocenters. The van der Waals surface area contributed by atoms with Crippen LogP contribution < -0.4 is 9.46 Å². The van der Waals surface area contributed by atoms with Gasteiger partial charge in [-0.25, -0.2) is 13.1 Å². The van der Waals surface area contributed by atoms with E-state index in [1.165, 1.54) is 18.4 Å². The zero-order chi connectivity index (χ0) is 15.5. The second kappa shape index (κ2) is 6.51.